The normalized spacial score (nSPS) is 81.8. The summed E-state index contributed by atoms with van der Waals surface area (Å²) in [5.41, 5.74) is 2.26. The zero-order valence-electron chi connectivity index (χ0n) is 11.1. The number of hydrogen-bond donors (Lipinski definition) is 0. The van der Waals surface area contributed by atoms with Crippen LogP contribution in [-0.4, -0.2) is 0 Å². The highest BCUT2D eigenvalue weighted by atomic mass is 15.0. The van der Waals surface area contributed by atoms with E-state index in [2.05, 4.69) is 27.7 Å². The van der Waals surface area contributed by atoms with E-state index in [1.165, 1.54) is 11.8 Å². The van der Waals surface area contributed by atoms with Crippen LogP contribution in [0.3, 0.4) is 0 Å². The molecule has 5 aliphatic carbocycles. The summed E-state index contributed by atoms with van der Waals surface area (Å²) in [6.45, 7) is 10.5. The standard InChI is InChI=1S/C16H24/c1-8-7-11-13-12-9-5-6-10(9)15(12,3)16(13,4)14(8,11)2/h8-13H,5-7H2,1-4H3. The van der Waals surface area contributed by atoms with Gasteiger partial charge in [0.05, 0.1) is 0 Å². The third-order valence-corrected chi connectivity index (χ3v) is 9.38. The molecule has 5 saturated carbocycles. The summed E-state index contributed by atoms with van der Waals surface area (Å²) in [6, 6.07) is 0. The SMILES string of the molecule is CC1CC2C3C4C5CCC5C4(C)C3(C)C12C. The van der Waals surface area contributed by atoms with Gasteiger partial charge in [0.1, 0.15) is 0 Å². The van der Waals surface area contributed by atoms with E-state index >= 15 is 0 Å². The molecule has 0 aliphatic heterocycles. The van der Waals surface area contributed by atoms with Crippen molar-refractivity contribution in [2.45, 2.75) is 47.0 Å². The van der Waals surface area contributed by atoms with Crippen molar-refractivity contribution in [3.8, 4) is 0 Å². The highest BCUT2D eigenvalue weighted by molar-refractivity contribution is 5.40. The summed E-state index contributed by atoms with van der Waals surface area (Å²) in [6.07, 6.45) is 4.70. The van der Waals surface area contributed by atoms with Crippen LogP contribution in [0.4, 0.5) is 0 Å². The third-order valence-electron chi connectivity index (χ3n) is 9.38. The molecule has 0 nitrogen and oxygen atoms in total. The zero-order chi connectivity index (χ0) is 11.1. The number of rotatable bonds is 0. The van der Waals surface area contributed by atoms with E-state index in [4.69, 9.17) is 0 Å². The predicted molar refractivity (Wildman–Crippen MR) is 64.8 cm³/mol. The van der Waals surface area contributed by atoms with Crippen molar-refractivity contribution in [1.29, 1.82) is 0 Å². The van der Waals surface area contributed by atoms with Crippen molar-refractivity contribution in [3.63, 3.8) is 0 Å². The van der Waals surface area contributed by atoms with Gasteiger partial charge in [-0.3, -0.25) is 0 Å². The van der Waals surface area contributed by atoms with Crippen LogP contribution < -0.4 is 0 Å². The van der Waals surface area contributed by atoms with Crippen LogP contribution in [0.1, 0.15) is 47.0 Å². The lowest BCUT2D eigenvalue weighted by Gasteiger charge is -2.98. The van der Waals surface area contributed by atoms with Gasteiger partial charge in [-0.2, -0.15) is 0 Å². The maximum absolute atomic E-state index is 2.68. The van der Waals surface area contributed by atoms with Gasteiger partial charge in [-0.05, 0) is 71.0 Å². The van der Waals surface area contributed by atoms with Crippen LogP contribution in [0.2, 0.25) is 0 Å². The van der Waals surface area contributed by atoms with Gasteiger partial charge < -0.3 is 0 Å². The average molecular weight is 216 g/mol. The van der Waals surface area contributed by atoms with Crippen molar-refractivity contribution >= 4 is 0 Å². The minimum absolute atomic E-state index is 0.740. The third kappa shape index (κ3) is 0.444. The molecule has 0 heteroatoms. The van der Waals surface area contributed by atoms with Gasteiger partial charge in [-0.1, -0.05) is 27.7 Å². The van der Waals surface area contributed by atoms with E-state index in [0.29, 0.717) is 0 Å². The molecule has 0 radical (unpaired) electrons. The van der Waals surface area contributed by atoms with Crippen LogP contribution in [0.15, 0.2) is 0 Å². The van der Waals surface area contributed by atoms with Gasteiger partial charge in [0.25, 0.3) is 0 Å². The second-order valence-electron chi connectivity index (χ2n) is 8.41. The van der Waals surface area contributed by atoms with Crippen LogP contribution in [-0.2, 0) is 0 Å². The van der Waals surface area contributed by atoms with Gasteiger partial charge in [-0.25, -0.2) is 0 Å². The second-order valence-corrected chi connectivity index (χ2v) is 8.41. The molecule has 5 fully saturated rings. The Labute approximate surface area is 99.2 Å². The Morgan fingerprint density at radius 3 is 2.19 bits per heavy atom. The second kappa shape index (κ2) is 1.93. The van der Waals surface area contributed by atoms with E-state index < -0.39 is 0 Å². The lowest BCUT2D eigenvalue weighted by Crippen LogP contribution is -2.93. The van der Waals surface area contributed by atoms with E-state index in [1.54, 1.807) is 19.3 Å². The van der Waals surface area contributed by atoms with Crippen molar-refractivity contribution in [3.05, 3.63) is 0 Å². The number of fused-ring (bicyclic) bond motifs is 10. The summed E-state index contributed by atoms with van der Waals surface area (Å²) in [7, 11) is 0. The van der Waals surface area contributed by atoms with Gasteiger partial charge >= 0.3 is 0 Å². The molecule has 0 amide bonds. The summed E-state index contributed by atoms with van der Waals surface area (Å²) in [5, 5.41) is 0. The molecule has 5 rings (SSSR count). The first-order valence-corrected chi connectivity index (χ1v) is 7.49. The minimum atomic E-state index is 0.740. The molecule has 5 aliphatic rings. The van der Waals surface area contributed by atoms with Crippen molar-refractivity contribution in [1.82, 2.24) is 0 Å². The largest absolute Gasteiger partial charge is 0.0619 e. The first-order valence-electron chi connectivity index (χ1n) is 7.49. The molecule has 0 aromatic carbocycles. The van der Waals surface area contributed by atoms with Crippen LogP contribution in [0.25, 0.3) is 0 Å². The first-order chi connectivity index (χ1) is 7.49. The fourth-order valence-corrected chi connectivity index (χ4v) is 8.25. The summed E-state index contributed by atoms with van der Waals surface area (Å²) in [5.74, 6) is 6.79. The molecule has 0 saturated heterocycles. The van der Waals surface area contributed by atoms with Crippen LogP contribution in [0, 0.1) is 51.8 Å². The summed E-state index contributed by atoms with van der Waals surface area (Å²) < 4.78 is 0. The van der Waals surface area contributed by atoms with Crippen LogP contribution >= 0.6 is 0 Å². The summed E-state index contributed by atoms with van der Waals surface area (Å²) >= 11 is 0. The van der Waals surface area contributed by atoms with Crippen molar-refractivity contribution in [2.24, 2.45) is 51.8 Å². The molecule has 9 atom stereocenters. The van der Waals surface area contributed by atoms with E-state index in [1.807, 2.05) is 0 Å². The topological polar surface area (TPSA) is 0 Å². The molecular formula is C16H24. The molecular weight excluding hydrogens is 192 g/mol. The average Bonchev–Trinajstić information content (AvgIpc) is 2.23. The van der Waals surface area contributed by atoms with Gasteiger partial charge in [0, 0.05) is 0 Å². The fraction of sp³-hybridized carbons (Fsp3) is 1.00. The quantitative estimate of drug-likeness (QED) is 0.538. The molecule has 0 aromatic rings. The maximum atomic E-state index is 2.68. The lowest BCUT2D eigenvalue weighted by molar-refractivity contribution is -0.507. The Morgan fingerprint density at radius 2 is 1.62 bits per heavy atom. The smallest absolute Gasteiger partial charge is 0.0173 e. The maximum Gasteiger partial charge on any atom is -0.0173 e. The lowest BCUT2D eigenvalue weighted by atomic mass is 9.06. The predicted octanol–water partition coefficient (Wildman–Crippen LogP) is 3.96. The molecule has 0 heterocycles. The highest BCUT2D eigenvalue weighted by Crippen LogP contribution is 2.98. The molecule has 0 bridgehead atoms. The van der Waals surface area contributed by atoms with Gasteiger partial charge in [0.15, 0.2) is 0 Å². The van der Waals surface area contributed by atoms with Crippen molar-refractivity contribution < 1.29 is 0 Å². The Morgan fingerprint density at radius 1 is 0.875 bits per heavy atom. The molecule has 0 spiro atoms. The molecule has 0 N–H and O–H groups in total. The van der Waals surface area contributed by atoms with Gasteiger partial charge in [-0.15, -0.1) is 0 Å². The van der Waals surface area contributed by atoms with E-state index in [0.717, 1.165) is 39.9 Å². The Bertz CT molecular complexity index is 412. The van der Waals surface area contributed by atoms with Gasteiger partial charge in [0.2, 0.25) is 0 Å². The Kier molecular flexibility index (Phi) is 1.09. The molecule has 0 aromatic heterocycles. The monoisotopic (exact) mass is 216 g/mol. The number of hydrogen-bond acceptors (Lipinski definition) is 0. The molecule has 16 heavy (non-hydrogen) atoms. The molecule has 9 unspecified atom stereocenters. The van der Waals surface area contributed by atoms with E-state index in [9.17, 15) is 0 Å². The fourth-order valence-electron chi connectivity index (χ4n) is 8.25. The van der Waals surface area contributed by atoms with Crippen LogP contribution in [0.5, 0.6) is 0 Å². The minimum Gasteiger partial charge on any atom is -0.0619 e. The Balaban J connectivity index is 1.63. The summed E-state index contributed by atoms with van der Waals surface area (Å²) in [4.78, 5) is 0. The molecule has 88 valence electrons. The Hall–Kier alpha value is 0. The first kappa shape index (κ1) is 9.00. The highest BCUT2D eigenvalue weighted by Gasteiger charge is 2.93. The zero-order valence-corrected chi connectivity index (χ0v) is 11.1. The van der Waals surface area contributed by atoms with Crippen molar-refractivity contribution in [2.75, 3.05) is 0 Å². The van der Waals surface area contributed by atoms with E-state index in [-0.39, 0.29) is 0 Å².